The number of aryl methyl sites for hydroxylation is 3. The molecule has 0 fully saturated rings. The van der Waals surface area contributed by atoms with Gasteiger partial charge in [-0.1, -0.05) is 18.2 Å². The number of esters is 1. The maximum absolute atomic E-state index is 12.0. The predicted octanol–water partition coefficient (Wildman–Crippen LogP) is 2.55. The zero-order valence-corrected chi connectivity index (χ0v) is 15.7. The van der Waals surface area contributed by atoms with Crippen molar-refractivity contribution < 1.29 is 19.1 Å². The third-order valence-electron chi connectivity index (χ3n) is 4.01. The van der Waals surface area contributed by atoms with Crippen LogP contribution in [0.2, 0.25) is 0 Å². The molecular weight excluding hydrogens is 334 g/mol. The zero-order valence-electron chi connectivity index (χ0n) is 15.7. The Balaban J connectivity index is 1.81. The maximum atomic E-state index is 12.0. The van der Waals surface area contributed by atoms with Crippen molar-refractivity contribution in [3.8, 4) is 5.75 Å². The van der Waals surface area contributed by atoms with Crippen molar-refractivity contribution in [2.24, 2.45) is 7.05 Å². The van der Waals surface area contributed by atoms with E-state index in [1.54, 1.807) is 11.7 Å². The van der Waals surface area contributed by atoms with Crippen molar-refractivity contribution in [3.05, 3.63) is 41.2 Å². The molecule has 1 aromatic carbocycles. The number of carbonyl (C=O) groups excluding carboxylic acids is 2. The van der Waals surface area contributed by atoms with Gasteiger partial charge in [0, 0.05) is 13.5 Å². The van der Waals surface area contributed by atoms with E-state index in [9.17, 15) is 9.59 Å². The fourth-order valence-corrected chi connectivity index (χ4v) is 2.59. The Labute approximate surface area is 153 Å². The minimum absolute atomic E-state index is 0.183. The first kappa shape index (κ1) is 19.5. The van der Waals surface area contributed by atoms with Gasteiger partial charge in [-0.2, -0.15) is 5.10 Å². The number of rotatable bonds is 8. The van der Waals surface area contributed by atoms with E-state index in [1.807, 2.05) is 45.0 Å². The van der Waals surface area contributed by atoms with Crippen LogP contribution < -0.4 is 10.1 Å². The first-order valence-electron chi connectivity index (χ1n) is 8.58. The number of carbonyl (C=O) groups is 2. The van der Waals surface area contributed by atoms with Gasteiger partial charge in [-0.15, -0.1) is 0 Å². The molecule has 0 aliphatic heterocycles. The number of hydrogen-bond donors (Lipinski definition) is 1. The minimum atomic E-state index is -0.425. The average molecular weight is 359 g/mol. The molecule has 0 atom stereocenters. The standard InChI is InChI=1S/C19H25N3O4/c1-5-25-16-9-7-6-8-15(16)10-11-18(24)26-12-17(23)20-19-13(2)21-22(4)14(19)3/h6-9H,5,10-12H2,1-4H3,(H,20,23). The largest absolute Gasteiger partial charge is 0.494 e. The number of aromatic nitrogens is 2. The summed E-state index contributed by atoms with van der Waals surface area (Å²) in [6.07, 6.45) is 0.680. The number of hydrogen-bond acceptors (Lipinski definition) is 5. The van der Waals surface area contributed by atoms with Crippen LogP contribution in [0.4, 0.5) is 5.69 Å². The molecule has 1 amide bonds. The third-order valence-corrected chi connectivity index (χ3v) is 4.01. The van der Waals surface area contributed by atoms with Crippen LogP contribution in [0.15, 0.2) is 24.3 Å². The van der Waals surface area contributed by atoms with Crippen molar-refractivity contribution in [2.75, 3.05) is 18.5 Å². The second-order valence-corrected chi connectivity index (χ2v) is 5.92. The summed E-state index contributed by atoms with van der Waals surface area (Å²) in [6, 6.07) is 7.57. The van der Waals surface area contributed by atoms with Crippen molar-refractivity contribution in [3.63, 3.8) is 0 Å². The van der Waals surface area contributed by atoms with Gasteiger partial charge in [0.2, 0.25) is 0 Å². The van der Waals surface area contributed by atoms with E-state index in [4.69, 9.17) is 9.47 Å². The van der Waals surface area contributed by atoms with Crippen molar-refractivity contribution in [1.29, 1.82) is 0 Å². The number of anilines is 1. The van der Waals surface area contributed by atoms with Crippen LogP contribution in [0.5, 0.6) is 5.75 Å². The van der Waals surface area contributed by atoms with Gasteiger partial charge in [-0.3, -0.25) is 14.3 Å². The molecule has 7 heteroatoms. The predicted molar refractivity (Wildman–Crippen MR) is 98.2 cm³/mol. The molecule has 2 aromatic rings. The van der Waals surface area contributed by atoms with E-state index < -0.39 is 5.97 Å². The molecule has 1 N–H and O–H groups in total. The summed E-state index contributed by atoms with van der Waals surface area (Å²) < 4.78 is 12.3. The normalized spacial score (nSPS) is 10.5. The summed E-state index contributed by atoms with van der Waals surface area (Å²) in [6.45, 7) is 5.83. The number of para-hydroxylation sites is 1. The minimum Gasteiger partial charge on any atom is -0.494 e. The van der Waals surface area contributed by atoms with Crippen LogP contribution in [-0.2, 0) is 27.8 Å². The lowest BCUT2D eigenvalue weighted by Gasteiger charge is -2.10. The Morgan fingerprint density at radius 2 is 1.96 bits per heavy atom. The van der Waals surface area contributed by atoms with E-state index in [1.165, 1.54) is 0 Å². The van der Waals surface area contributed by atoms with Crippen LogP contribution in [0.3, 0.4) is 0 Å². The van der Waals surface area contributed by atoms with Crippen LogP contribution in [0, 0.1) is 13.8 Å². The van der Waals surface area contributed by atoms with Gasteiger partial charge in [0.15, 0.2) is 6.61 Å². The molecule has 140 valence electrons. The van der Waals surface area contributed by atoms with Gasteiger partial charge < -0.3 is 14.8 Å². The highest BCUT2D eigenvalue weighted by Crippen LogP contribution is 2.20. The summed E-state index contributed by atoms with van der Waals surface area (Å²) in [5, 5.41) is 6.96. The Morgan fingerprint density at radius 3 is 2.62 bits per heavy atom. The molecule has 26 heavy (non-hydrogen) atoms. The van der Waals surface area contributed by atoms with E-state index in [-0.39, 0.29) is 18.9 Å². The molecule has 1 heterocycles. The molecule has 0 spiro atoms. The van der Waals surface area contributed by atoms with Gasteiger partial charge in [-0.25, -0.2) is 0 Å². The highest BCUT2D eigenvalue weighted by atomic mass is 16.5. The first-order chi connectivity index (χ1) is 12.4. The van der Waals surface area contributed by atoms with Crippen LogP contribution >= 0.6 is 0 Å². The highest BCUT2D eigenvalue weighted by molar-refractivity contribution is 5.93. The number of nitrogens with one attached hydrogen (secondary N) is 1. The van der Waals surface area contributed by atoms with E-state index in [0.717, 1.165) is 22.7 Å². The van der Waals surface area contributed by atoms with Gasteiger partial charge >= 0.3 is 5.97 Å². The fraction of sp³-hybridized carbons (Fsp3) is 0.421. The summed E-state index contributed by atoms with van der Waals surface area (Å²) in [5.74, 6) is -0.0404. The average Bonchev–Trinajstić information content (AvgIpc) is 2.85. The molecule has 0 saturated carbocycles. The second-order valence-electron chi connectivity index (χ2n) is 5.92. The second kappa shape index (κ2) is 9.03. The van der Waals surface area contributed by atoms with Gasteiger partial charge in [0.05, 0.1) is 23.7 Å². The number of amides is 1. The van der Waals surface area contributed by atoms with Gasteiger partial charge in [0.1, 0.15) is 5.75 Å². The van der Waals surface area contributed by atoms with Crippen molar-refractivity contribution in [1.82, 2.24) is 9.78 Å². The topological polar surface area (TPSA) is 82.4 Å². The van der Waals surface area contributed by atoms with Gasteiger partial charge in [0.25, 0.3) is 5.91 Å². The molecule has 0 aliphatic carbocycles. The van der Waals surface area contributed by atoms with Gasteiger partial charge in [-0.05, 0) is 38.8 Å². The van der Waals surface area contributed by atoms with E-state index >= 15 is 0 Å². The number of nitrogens with zero attached hydrogens (tertiary/aromatic N) is 2. The molecule has 0 radical (unpaired) electrons. The number of benzene rings is 1. The summed E-state index contributed by atoms with van der Waals surface area (Å²) >= 11 is 0. The smallest absolute Gasteiger partial charge is 0.306 e. The molecule has 0 unspecified atom stereocenters. The van der Waals surface area contributed by atoms with Crippen LogP contribution in [0.1, 0.15) is 30.3 Å². The molecular formula is C19H25N3O4. The molecule has 0 saturated heterocycles. The Morgan fingerprint density at radius 1 is 1.23 bits per heavy atom. The van der Waals surface area contributed by atoms with Crippen LogP contribution in [-0.4, -0.2) is 34.9 Å². The molecule has 0 bridgehead atoms. The molecule has 1 aromatic heterocycles. The van der Waals surface area contributed by atoms with Crippen LogP contribution in [0.25, 0.3) is 0 Å². The third kappa shape index (κ3) is 5.08. The summed E-state index contributed by atoms with van der Waals surface area (Å²) in [5.41, 5.74) is 3.16. The fourth-order valence-electron chi connectivity index (χ4n) is 2.59. The lowest BCUT2D eigenvalue weighted by Crippen LogP contribution is -2.21. The van der Waals surface area contributed by atoms with Crippen molar-refractivity contribution >= 4 is 17.6 Å². The Hall–Kier alpha value is -2.83. The quantitative estimate of drug-likeness (QED) is 0.733. The summed E-state index contributed by atoms with van der Waals surface area (Å²) in [7, 11) is 1.80. The Bertz CT molecular complexity index is 783. The number of ether oxygens (including phenoxy) is 2. The Kier molecular flexibility index (Phi) is 6.77. The zero-order chi connectivity index (χ0) is 19.1. The van der Waals surface area contributed by atoms with Crippen molar-refractivity contribution in [2.45, 2.75) is 33.6 Å². The molecule has 0 aliphatic rings. The molecule has 7 nitrogen and oxygen atoms in total. The maximum Gasteiger partial charge on any atom is 0.306 e. The lowest BCUT2D eigenvalue weighted by molar-refractivity contribution is -0.147. The molecule has 2 rings (SSSR count). The highest BCUT2D eigenvalue weighted by Gasteiger charge is 2.14. The monoisotopic (exact) mass is 359 g/mol. The SMILES string of the molecule is CCOc1ccccc1CCC(=O)OCC(=O)Nc1c(C)nn(C)c1C. The summed E-state index contributed by atoms with van der Waals surface area (Å²) in [4.78, 5) is 23.9. The lowest BCUT2D eigenvalue weighted by atomic mass is 10.1. The first-order valence-corrected chi connectivity index (χ1v) is 8.58. The van der Waals surface area contributed by atoms with E-state index in [2.05, 4.69) is 10.4 Å². The van der Waals surface area contributed by atoms with E-state index in [0.29, 0.717) is 18.7 Å².